The molecule has 0 saturated carbocycles. The third-order valence-electron chi connectivity index (χ3n) is 2.64. The molecule has 1 rings (SSSR count). The molecule has 0 amide bonds. The van der Waals surface area contributed by atoms with Gasteiger partial charge in [0, 0.05) is 19.1 Å². The van der Waals surface area contributed by atoms with Crippen LogP contribution in [0.1, 0.15) is 27.2 Å². The monoisotopic (exact) mass is 200 g/mol. The average Bonchev–Trinajstić information content (AvgIpc) is 2.53. The Labute approximate surface area is 87.8 Å². The summed E-state index contributed by atoms with van der Waals surface area (Å²) in [7, 11) is 2.18. The van der Waals surface area contributed by atoms with Crippen molar-refractivity contribution in [3.05, 3.63) is 0 Å². The molecule has 0 radical (unpaired) electrons. The van der Waals surface area contributed by atoms with Crippen molar-refractivity contribution < 1.29 is 4.74 Å². The van der Waals surface area contributed by atoms with Crippen LogP contribution in [0.25, 0.3) is 0 Å². The Balaban J connectivity index is 2.11. The maximum absolute atomic E-state index is 5.70. The largest absolute Gasteiger partial charge is 0.375 e. The van der Waals surface area contributed by atoms with Gasteiger partial charge in [-0.25, -0.2) is 0 Å². The van der Waals surface area contributed by atoms with E-state index in [1.165, 1.54) is 6.42 Å². The van der Waals surface area contributed by atoms with Gasteiger partial charge in [0.1, 0.15) is 0 Å². The zero-order chi connectivity index (χ0) is 10.6. The molecule has 3 nitrogen and oxygen atoms in total. The molecular weight excluding hydrogens is 176 g/mol. The molecule has 1 aliphatic rings. The van der Waals surface area contributed by atoms with Crippen LogP contribution in [0.5, 0.6) is 0 Å². The van der Waals surface area contributed by atoms with Gasteiger partial charge in [0.05, 0.1) is 12.2 Å². The Bertz CT molecular complexity index is 159. The zero-order valence-electron chi connectivity index (χ0n) is 9.97. The van der Waals surface area contributed by atoms with Crippen LogP contribution in [0.15, 0.2) is 0 Å². The summed E-state index contributed by atoms with van der Waals surface area (Å²) in [6.07, 6.45) is 1.27. The minimum absolute atomic E-state index is 0.00519. The first-order valence-electron chi connectivity index (χ1n) is 5.54. The maximum atomic E-state index is 5.70. The summed E-state index contributed by atoms with van der Waals surface area (Å²) in [5.41, 5.74) is -0.00519. The molecule has 0 aliphatic carbocycles. The smallest absolute Gasteiger partial charge is 0.0600 e. The second-order valence-corrected chi connectivity index (χ2v) is 5.09. The molecule has 1 atom stereocenters. The first-order chi connectivity index (χ1) is 6.49. The van der Waals surface area contributed by atoms with E-state index < -0.39 is 0 Å². The number of nitrogens with zero attached hydrogens (tertiary/aromatic N) is 1. The number of ether oxygens (including phenoxy) is 1. The van der Waals surface area contributed by atoms with Crippen LogP contribution in [0.3, 0.4) is 0 Å². The summed E-state index contributed by atoms with van der Waals surface area (Å²) in [5.74, 6) is 0. The summed E-state index contributed by atoms with van der Waals surface area (Å²) in [6, 6.07) is 0.707. The van der Waals surface area contributed by atoms with E-state index in [9.17, 15) is 0 Å². The van der Waals surface area contributed by atoms with Gasteiger partial charge in [-0.1, -0.05) is 0 Å². The van der Waals surface area contributed by atoms with Gasteiger partial charge in [-0.2, -0.15) is 0 Å². The second-order valence-electron chi connectivity index (χ2n) is 5.09. The van der Waals surface area contributed by atoms with Crippen molar-refractivity contribution in [1.29, 1.82) is 0 Å². The fourth-order valence-corrected chi connectivity index (χ4v) is 1.69. The molecule has 0 aromatic heterocycles. The average molecular weight is 200 g/mol. The molecule has 3 heteroatoms. The Morgan fingerprint density at radius 2 is 2.14 bits per heavy atom. The van der Waals surface area contributed by atoms with Crippen molar-refractivity contribution >= 4 is 0 Å². The summed E-state index contributed by atoms with van der Waals surface area (Å²) in [4.78, 5) is 2.39. The van der Waals surface area contributed by atoms with Crippen molar-refractivity contribution in [2.45, 2.75) is 38.8 Å². The summed E-state index contributed by atoms with van der Waals surface area (Å²) < 4.78 is 5.70. The van der Waals surface area contributed by atoms with Crippen LogP contribution in [0.2, 0.25) is 0 Å². The molecule has 1 unspecified atom stereocenters. The standard InChI is InChI=1S/C11H24N2O/c1-11(2,3)14-8-7-13(4)10-5-6-12-9-10/h10,12H,5-9H2,1-4H3. The van der Waals surface area contributed by atoms with Crippen LogP contribution in [0, 0.1) is 0 Å². The maximum Gasteiger partial charge on any atom is 0.0600 e. The number of hydrogen-bond acceptors (Lipinski definition) is 3. The SMILES string of the molecule is CN(CCOC(C)(C)C)C1CCNC1. The van der Waals surface area contributed by atoms with Gasteiger partial charge in [0.25, 0.3) is 0 Å². The molecule has 1 N–H and O–H groups in total. The van der Waals surface area contributed by atoms with Crippen molar-refractivity contribution in [2.75, 3.05) is 33.3 Å². The van der Waals surface area contributed by atoms with Crippen molar-refractivity contribution in [1.82, 2.24) is 10.2 Å². The Morgan fingerprint density at radius 1 is 1.43 bits per heavy atom. The highest BCUT2D eigenvalue weighted by Crippen LogP contribution is 2.08. The molecule has 1 heterocycles. The Hall–Kier alpha value is -0.120. The molecule has 1 fully saturated rings. The Morgan fingerprint density at radius 3 is 2.64 bits per heavy atom. The van der Waals surface area contributed by atoms with E-state index in [1.54, 1.807) is 0 Å². The normalized spacial score (nSPS) is 23.4. The van der Waals surface area contributed by atoms with Crippen molar-refractivity contribution in [3.63, 3.8) is 0 Å². The fraction of sp³-hybridized carbons (Fsp3) is 1.00. The first-order valence-corrected chi connectivity index (χ1v) is 5.54. The van der Waals surface area contributed by atoms with E-state index in [2.05, 4.69) is 38.0 Å². The number of rotatable bonds is 4. The van der Waals surface area contributed by atoms with Gasteiger partial charge >= 0.3 is 0 Å². The lowest BCUT2D eigenvalue weighted by molar-refractivity contribution is -0.0137. The van der Waals surface area contributed by atoms with Gasteiger partial charge in [-0.05, 0) is 40.8 Å². The van der Waals surface area contributed by atoms with Gasteiger partial charge in [0.2, 0.25) is 0 Å². The lowest BCUT2D eigenvalue weighted by atomic mass is 10.2. The number of nitrogens with one attached hydrogen (secondary N) is 1. The summed E-state index contributed by atoms with van der Waals surface area (Å²) in [5, 5.41) is 3.38. The Kier molecular flexibility index (Phi) is 4.35. The fourth-order valence-electron chi connectivity index (χ4n) is 1.69. The van der Waals surface area contributed by atoms with Crippen LogP contribution < -0.4 is 5.32 Å². The van der Waals surface area contributed by atoms with Gasteiger partial charge in [-0.15, -0.1) is 0 Å². The van der Waals surface area contributed by atoms with Crippen LogP contribution in [0.4, 0.5) is 0 Å². The summed E-state index contributed by atoms with van der Waals surface area (Å²) >= 11 is 0. The lowest BCUT2D eigenvalue weighted by Gasteiger charge is -2.26. The van der Waals surface area contributed by atoms with E-state index in [4.69, 9.17) is 4.74 Å². The van der Waals surface area contributed by atoms with Gasteiger partial charge in [0.15, 0.2) is 0 Å². The van der Waals surface area contributed by atoms with E-state index in [0.29, 0.717) is 6.04 Å². The molecule has 1 saturated heterocycles. The summed E-state index contributed by atoms with van der Waals surface area (Å²) in [6.45, 7) is 10.5. The van der Waals surface area contributed by atoms with Gasteiger partial charge < -0.3 is 10.1 Å². The highest BCUT2D eigenvalue weighted by molar-refractivity contribution is 4.78. The molecule has 14 heavy (non-hydrogen) atoms. The third kappa shape index (κ3) is 4.40. The van der Waals surface area contributed by atoms with E-state index in [-0.39, 0.29) is 5.60 Å². The highest BCUT2D eigenvalue weighted by Gasteiger charge is 2.19. The van der Waals surface area contributed by atoms with Crippen LogP contribution in [-0.4, -0.2) is 49.8 Å². The van der Waals surface area contributed by atoms with Crippen molar-refractivity contribution in [2.24, 2.45) is 0 Å². The third-order valence-corrected chi connectivity index (χ3v) is 2.64. The lowest BCUT2D eigenvalue weighted by Crippen LogP contribution is -2.37. The zero-order valence-corrected chi connectivity index (χ0v) is 9.97. The minimum Gasteiger partial charge on any atom is -0.375 e. The molecule has 0 spiro atoms. The molecule has 0 aromatic carbocycles. The van der Waals surface area contributed by atoms with Crippen LogP contribution in [-0.2, 0) is 4.74 Å². The predicted molar refractivity (Wildman–Crippen MR) is 59.6 cm³/mol. The minimum atomic E-state index is -0.00519. The molecular formula is C11H24N2O. The van der Waals surface area contributed by atoms with E-state index in [1.807, 2.05) is 0 Å². The van der Waals surface area contributed by atoms with Gasteiger partial charge in [-0.3, -0.25) is 4.90 Å². The molecule has 84 valence electrons. The molecule has 0 aromatic rings. The molecule has 0 bridgehead atoms. The second kappa shape index (κ2) is 5.10. The quantitative estimate of drug-likeness (QED) is 0.735. The van der Waals surface area contributed by atoms with Crippen LogP contribution >= 0.6 is 0 Å². The predicted octanol–water partition coefficient (Wildman–Crippen LogP) is 1.10. The number of likely N-dealkylation sites (N-methyl/N-ethyl adjacent to an activating group) is 1. The van der Waals surface area contributed by atoms with Crippen molar-refractivity contribution in [3.8, 4) is 0 Å². The topological polar surface area (TPSA) is 24.5 Å². The molecule has 1 aliphatic heterocycles. The highest BCUT2D eigenvalue weighted by atomic mass is 16.5. The van der Waals surface area contributed by atoms with E-state index in [0.717, 1.165) is 26.2 Å². The number of hydrogen-bond donors (Lipinski definition) is 1. The van der Waals surface area contributed by atoms with E-state index >= 15 is 0 Å². The first kappa shape index (κ1) is 12.0.